The van der Waals surface area contributed by atoms with Crippen LogP contribution >= 0.6 is 0 Å². The van der Waals surface area contributed by atoms with Crippen molar-refractivity contribution in [1.82, 2.24) is 15.5 Å². The second-order valence-electron chi connectivity index (χ2n) is 6.15. The van der Waals surface area contributed by atoms with Crippen LogP contribution in [0.25, 0.3) is 0 Å². The Labute approximate surface area is 133 Å². The van der Waals surface area contributed by atoms with E-state index in [2.05, 4.69) is 15.5 Å². The fourth-order valence-corrected chi connectivity index (χ4v) is 2.07. The summed E-state index contributed by atoms with van der Waals surface area (Å²) in [7, 11) is 4.04. The molecule has 1 aromatic carbocycles. The van der Waals surface area contributed by atoms with Crippen LogP contribution in [0.4, 0.5) is 0 Å². The lowest BCUT2D eigenvalue weighted by atomic mass is 10.2. The molecule has 22 heavy (non-hydrogen) atoms. The zero-order valence-electron chi connectivity index (χ0n) is 13.6. The first-order valence-electron chi connectivity index (χ1n) is 7.97. The van der Waals surface area contributed by atoms with E-state index < -0.39 is 0 Å². The van der Waals surface area contributed by atoms with Gasteiger partial charge in [0.15, 0.2) is 0 Å². The smallest absolute Gasteiger partial charge is 0.234 e. The zero-order chi connectivity index (χ0) is 15.8. The highest BCUT2D eigenvalue weighted by Crippen LogP contribution is 2.27. The molecular formula is C17H27N3O2. The number of carbonyl (C=O) groups excluding carboxylic acids is 1. The molecule has 5 nitrogen and oxygen atoms in total. The highest BCUT2D eigenvalue weighted by molar-refractivity contribution is 5.77. The van der Waals surface area contributed by atoms with E-state index in [9.17, 15) is 4.79 Å². The van der Waals surface area contributed by atoms with Crippen LogP contribution in [0.15, 0.2) is 24.3 Å². The molecule has 1 saturated carbocycles. The molecule has 0 unspecified atom stereocenters. The van der Waals surface area contributed by atoms with Crippen LogP contribution in [-0.4, -0.2) is 51.1 Å². The maximum Gasteiger partial charge on any atom is 0.234 e. The first-order valence-corrected chi connectivity index (χ1v) is 7.97. The first-order chi connectivity index (χ1) is 10.6. The van der Waals surface area contributed by atoms with Crippen molar-refractivity contribution in [3.63, 3.8) is 0 Å². The third-order valence-corrected chi connectivity index (χ3v) is 3.61. The fourth-order valence-electron chi connectivity index (χ4n) is 2.07. The quantitative estimate of drug-likeness (QED) is 0.683. The lowest BCUT2D eigenvalue weighted by Crippen LogP contribution is -2.34. The summed E-state index contributed by atoms with van der Waals surface area (Å²) in [6, 6.07) is 7.88. The standard InChI is InChI=1S/C17H27N3O2/c1-20(2)8-9-22-16-5-3-4-15(10-16)12-19-17(21)13-18-11-14-6-7-14/h3-5,10,14,18H,6-9,11-13H2,1-2H3,(H,19,21). The molecule has 0 bridgehead atoms. The molecule has 0 saturated heterocycles. The van der Waals surface area contributed by atoms with Crippen molar-refractivity contribution in [2.45, 2.75) is 19.4 Å². The summed E-state index contributed by atoms with van der Waals surface area (Å²) >= 11 is 0. The Kier molecular flexibility index (Phi) is 6.68. The number of carbonyl (C=O) groups is 1. The summed E-state index contributed by atoms with van der Waals surface area (Å²) in [6.45, 7) is 3.44. The summed E-state index contributed by atoms with van der Waals surface area (Å²) in [5, 5.41) is 6.12. The molecule has 1 aliphatic carbocycles. The average molecular weight is 305 g/mol. The Bertz CT molecular complexity index is 473. The van der Waals surface area contributed by atoms with Crippen LogP contribution in [-0.2, 0) is 11.3 Å². The van der Waals surface area contributed by atoms with Gasteiger partial charge in [-0.1, -0.05) is 12.1 Å². The lowest BCUT2D eigenvalue weighted by molar-refractivity contribution is -0.120. The maximum atomic E-state index is 11.7. The lowest BCUT2D eigenvalue weighted by Gasteiger charge is -2.12. The fraction of sp³-hybridized carbons (Fsp3) is 0.588. The summed E-state index contributed by atoms with van der Waals surface area (Å²) in [6.07, 6.45) is 2.60. The number of hydrogen-bond donors (Lipinski definition) is 2. The molecule has 2 rings (SSSR count). The average Bonchev–Trinajstić information content (AvgIpc) is 3.29. The van der Waals surface area contributed by atoms with Crippen LogP contribution in [0.1, 0.15) is 18.4 Å². The molecule has 2 N–H and O–H groups in total. The van der Waals surface area contributed by atoms with Crippen LogP contribution in [0.2, 0.25) is 0 Å². The molecule has 1 amide bonds. The van der Waals surface area contributed by atoms with E-state index in [1.165, 1.54) is 12.8 Å². The Morgan fingerprint density at radius 3 is 2.91 bits per heavy atom. The normalized spacial score (nSPS) is 14.1. The largest absolute Gasteiger partial charge is 0.492 e. The number of hydrogen-bond acceptors (Lipinski definition) is 4. The number of amides is 1. The zero-order valence-corrected chi connectivity index (χ0v) is 13.6. The van der Waals surface area contributed by atoms with Gasteiger partial charge in [-0.05, 0) is 57.1 Å². The molecule has 0 aromatic heterocycles. The third-order valence-electron chi connectivity index (χ3n) is 3.61. The number of nitrogens with one attached hydrogen (secondary N) is 2. The van der Waals surface area contributed by atoms with Gasteiger partial charge < -0.3 is 20.3 Å². The van der Waals surface area contributed by atoms with Crippen molar-refractivity contribution < 1.29 is 9.53 Å². The SMILES string of the molecule is CN(C)CCOc1cccc(CNC(=O)CNCC2CC2)c1. The van der Waals surface area contributed by atoms with Gasteiger partial charge in [0.25, 0.3) is 0 Å². The molecule has 0 aliphatic heterocycles. The topological polar surface area (TPSA) is 53.6 Å². The highest BCUT2D eigenvalue weighted by Gasteiger charge is 2.20. The molecule has 0 heterocycles. The molecule has 5 heteroatoms. The van der Waals surface area contributed by atoms with E-state index in [4.69, 9.17) is 4.74 Å². The van der Waals surface area contributed by atoms with Crippen molar-refractivity contribution in [2.75, 3.05) is 40.3 Å². The predicted molar refractivity (Wildman–Crippen MR) is 87.9 cm³/mol. The van der Waals surface area contributed by atoms with Gasteiger partial charge in [-0.2, -0.15) is 0 Å². The van der Waals surface area contributed by atoms with Crippen LogP contribution in [0, 0.1) is 5.92 Å². The summed E-state index contributed by atoms with van der Waals surface area (Å²) < 4.78 is 5.70. The van der Waals surface area contributed by atoms with E-state index in [1.807, 2.05) is 38.4 Å². The Hall–Kier alpha value is -1.59. The van der Waals surface area contributed by atoms with E-state index in [0.29, 0.717) is 19.7 Å². The van der Waals surface area contributed by atoms with Crippen LogP contribution in [0.3, 0.4) is 0 Å². The maximum absolute atomic E-state index is 11.7. The van der Waals surface area contributed by atoms with Gasteiger partial charge in [0.05, 0.1) is 6.54 Å². The third kappa shape index (κ3) is 6.91. The first kappa shape index (κ1) is 16.8. The molecule has 1 aromatic rings. The number of rotatable bonds is 10. The van der Waals surface area contributed by atoms with Crippen molar-refractivity contribution in [3.8, 4) is 5.75 Å². The van der Waals surface area contributed by atoms with E-state index in [1.54, 1.807) is 0 Å². The Balaban J connectivity index is 1.66. The van der Waals surface area contributed by atoms with Crippen molar-refractivity contribution >= 4 is 5.91 Å². The van der Waals surface area contributed by atoms with Gasteiger partial charge >= 0.3 is 0 Å². The van der Waals surface area contributed by atoms with Gasteiger partial charge in [-0.3, -0.25) is 4.79 Å². The molecule has 0 atom stereocenters. The van der Waals surface area contributed by atoms with Gasteiger partial charge in [0, 0.05) is 13.1 Å². The second kappa shape index (κ2) is 8.76. The molecule has 0 spiro atoms. The van der Waals surface area contributed by atoms with Gasteiger partial charge in [0.2, 0.25) is 5.91 Å². The van der Waals surface area contributed by atoms with E-state index in [-0.39, 0.29) is 5.91 Å². The number of nitrogens with zero attached hydrogens (tertiary/aromatic N) is 1. The van der Waals surface area contributed by atoms with Crippen LogP contribution < -0.4 is 15.4 Å². The van der Waals surface area contributed by atoms with E-state index in [0.717, 1.165) is 30.3 Å². The Morgan fingerprint density at radius 2 is 2.18 bits per heavy atom. The Morgan fingerprint density at radius 1 is 1.36 bits per heavy atom. The predicted octanol–water partition coefficient (Wildman–Crippen LogP) is 1.24. The van der Waals surface area contributed by atoms with Crippen molar-refractivity contribution in [2.24, 2.45) is 5.92 Å². The summed E-state index contributed by atoms with van der Waals surface area (Å²) in [5.41, 5.74) is 1.05. The molecule has 1 aliphatic rings. The minimum absolute atomic E-state index is 0.0413. The van der Waals surface area contributed by atoms with Crippen molar-refractivity contribution in [3.05, 3.63) is 29.8 Å². The number of ether oxygens (including phenoxy) is 1. The molecule has 0 radical (unpaired) electrons. The van der Waals surface area contributed by atoms with Crippen molar-refractivity contribution in [1.29, 1.82) is 0 Å². The van der Waals surface area contributed by atoms with Gasteiger partial charge in [-0.15, -0.1) is 0 Å². The van der Waals surface area contributed by atoms with Gasteiger partial charge in [-0.25, -0.2) is 0 Å². The minimum Gasteiger partial charge on any atom is -0.492 e. The van der Waals surface area contributed by atoms with Gasteiger partial charge in [0.1, 0.15) is 12.4 Å². The molecule has 1 fully saturated rings. The highest BCUT2D eigenvalue weighted by atomic mass is 16.5. The van der Waals surface area contributed by atoms with E-state index >= 15 is 0 Å². The summed E-state index contributed by atoms with van der Waals surface area (Å²) in [4.78, 5) is 13.8. The minimum atomic E-state index is 0.0413. The monoisotopic (exact) mass is 305 g/mol. The molecule has 122 valence electrons. The summed E-state index contributed by atoms with van der Waals surface area (Å²) in [5.74, 6) is 1.68. The second-order valence-corrected chi connectivity index (χ2v) is 6.15. The number of likely N-dealkylation sites (N-methyl/N-ethyl adjacent to an activating group) is 1. The molecular weight excluding hydrogens is 278 g/mol. The number of benzene rings is 1. The van der Waals surface area contributed by atoms with Crippen LogP contribution in [0.5, 0.6) is 5.75 Å².